The first-order valence-electron chi connectivity index (χ1n) is 9.56. The van der Waals surface area contributed by atoms with E-state index in [0.717, 1.165) is 12.1 Å². The van der Waals surface area contributed by atoms with Gasteiger partial charge in [0.15, 0.2) is 0 Å². The molecule has 1 aromatic carbocycles. The second-order valence-corrected chi connectivity index (χ2v) is 7.99. The highest BCUT2D eigenvalue weighted by Gasteiger charge is 2.44. The average molecular weight is 429 g/mol. The number of hydrogen-bond acceptors (Lipinski definition) is 5. The molecule has 0 spiro atoms. The number of hydrogen-bond donors (Lipinski definition) is 3. The maximum absolute atomic E-state index is 14.4. The minimum absolute atomic E-state index is 0. The molecule has 0 unspecified atom stereocenters. The summed E-state index contributed by atoms with van der Waals surface area (Å²) in [4.78, 5) is 25.4. The molecule has 0 saturated carbocycles. The molecular weight excluding hydrogens is 406 g/mol. The third kappa shape index (κ3) is 3.44. The zero-order valence-electron chi connectivity index (χ0n) is 17.0. The van der Waals surface area contributed by atoms with Gasteiger partial charge >= 0.3 is 0 Å². The van der Waals surface area contributed by atoms with E-state index in [2.05, 4.69) is 16.0 Å². The number of carbonyl (C=O) groups excluding carboxylic acids is 2. The number of allylic oxidation sites excluding steroid dienone is 1. The van der Waals surface area contributed by atoms with Crippen LogP contribution in [0.15, 0.2) is 46.8 Å². The lowest BCUT2D eigenvalue weighted by Gasteiger charge is -2.30. The monoisotopic (exact) mass is 429 g/mol. The minimum atomic E-state index is -1.03. The number of halogens is 2. The minimum Gasteiger partial charge on any atom is -0.485 e. The number of nitrogens with one attached hydrogen (secondary N) is 3. The first-order chi connectivity index (χ1) is 14.6. The molecule has 1 aromatic rings. The molecule has 1 radical (unpaired) electrons. The molecule has 0 bridgehead atoms. The third-order valence-electron chi connectivity index (χ3n) is 5.51. The first-order valence-corrected chi connectivity index (χ1v) is 9.56. The van der Waals surface area contributed by atoms with Crippen LogP contribution in [-0.2, 0) is 9.59 Å². The molecular formula is C22H23F2N4O3. The number of carbonyl (C=O) groups is 2. The fraction of sp³-hybridized carbons (Fsp3) is 0.273. The number of ether oxygens (including phenoxy) is 1. The van der Waals surface area contributed by atoms with Gasteiger partial charge in [-0.2, -0.15) is 5.26 Å². The fourth-order valence-corrected chi connectivity index (χ4v) is 4.05. The number of dihydropyridines is 1. The Balaban J connectivity index is 0.00000193. The summed E-state index contributed by atoms with van der Waals surface area (Å²) in [5, 5.41) is 17.6. The number of nitriles is 1. The summed E-state index contributed by atoms with van der Waals surface area (Å²) < 4.78 is 33.7. The van der Waals surface area contributed by atoms with Crippen molar-refractivity contribution < 1.29 is 26.0 Å². The van der Waals surface area contributed by atoms with Gasteiger partial charge in [-0.05, 0) is 32.4 Å². The highest BCUT2D eigenvalue weighted by Crippen LogP contribution is 2.45. The highest BCUT2D eigenvalue weighted by atomic mass is 19.1. The SMILES string of the molecule is CC1=C(CC(=O)N[C@H]2c3c(F)cc(F)cc3OC2(C)C)C(=O)N[C]2C=CNC(C#N)=C21.[HH].[HH]. The van der Waals surface area contributed by atoms with Crippen molar-refractivity contribution in [3.8, 4) is 11.8 Å². The Hall–Kier alpha value is -3.67. The molecule has 9 heteroatoms. The number of amides is 2. The maximum atomic E-state index is 14.4. The van der Waals surface area contributed by atoms with E-state index in [9.17, 15) is 23.6 Å². The van der Waals surface area contributed by atoms with Gasteiger partial charge in [-0.15, -0.1) is 0 Å². The molecule has 31 heavy (non-hydrogen) atoms. The van der Waals surface area contributed by atoms with E-state index in [4.69, 9.17) is 4.74 Å². The quantitative estimate of drug-likeness (QED) is 0.685. The van der Waals surface area contributed by atoms with Crippen LogP contribution in [0.4, 0.5) is 8.78 Å². The first kappa shape index (κ1) is 20.6. The van der Waals surface area contributed by atoms with Crippen LogP contribution in [0.5, 0.6) is 5.75 Å². The largest absolute Gasteiger partial charge is 0.485 e. The van der Waals surface area contributed by atoms with Crippen LogP contribution in [0.3, 0.4) is 0 Å². The van der Waals surface area contributed by atoms with Crippen LogP contribution < -0.4 is 20.7 Å². The van der Waals surface area contributed by atoms with Gasteiger partial charge in [-0.25, -0.2) is 8.78 Å². The molecule has 3 aliphatic rings. The van der Waals surface area contributed by atoms with E-state index in [1.165, 1.54) is 0 Å². The van der Waals surface area contributed by atoms with Crippen LogP contribution in [0.1, 0.15) is 41.7 Å². The Morgan fingerprint density at radius 1 is 1.39 bits per heavy atom. The summed E-state index contributed by atoms with van der Waals surface area (Å²) in [6, 6.07) is 3.45. The van der Waals surface area contributed by atoms with E-state index in [0.29, 0.717) is 17.2 Å². The van der Waals surface area contributed by atoms with E-state index in [1.807, 2.05) is 6.07 Å². The number of benzene rings is 1. The summed E-state index contributed by atoms with van der Waals surface area (Å²) in [6.07, 6.45) is 2.88. The molecule has 4 rings (SSSR count). The van der Waals surface area contributed by atoms with Gasteiger partial charge in [-0.3, -0.25) is 9.59 Å². The lowest BCUT2D eigenvalue weighted by molar-refractivity contribution is -0.124. The van der Waals surface area contributed by atoms with Crippen molar-refractivity contribution in [3.63, 3.8) is 0 Å². The van der Waals surface area contributed by atoms with Crippen molar-refractivity contribution in [1.82, 2.24) is 16.0 Å². The standard InChI is InChI=1S/C22H19F2N4O3.2H2/c1-10-12(21(30)27-14-4-5-26-15(9-25)18(10)14)8-17(29)28-20-19-13(24)6-11(23)7-16(19)31-22(20,2)3;;/h4-7,20,26H,8H2,1-3H3,(H,27,30)(H,28,29);2*1H/t20-;;/m0../s1. The third-order valence-corrected chi connectivity index (χ3v) is 5.51. The van der Waals surface area contributed by atoms with Gasteiger partial charge in [0.05, 0.1) is 18.0 Å². The van der Waals surface area contributed by atoms with Crippen molar-refractivity contribution >= 4 is 11.8 Å². The van der Waals surface area contributed by atoms with E-state index in [1.54, 1.807) is 33.0 Å². The molecule has 0 aliphatic carbocycles. The van der Waals surface area contributed by atoms with Gasteiger partial charge < -0.3 is 20.7 Å². The molecule has 0 aromatic heterocycles. The molecule has 163 valence electrons. The van der Waals surface area contributed by atoms with E-state index < -0.39 is 35.1 Å². The lowest BCUT2D eigenvalue weighted by Crippen LogP contribution is -2.43. The zero-order chi connectivity index (χ0) is 22.5. The number of fused-ring (bicyclic) bond motifs is 2. The summed E-state index contributed by atoms with van der Waals surface area (Å²) in [6.45, 7) is 4.96. The molecule has 0 fully saturated rings. The average Bonchev–Trinajstić information content (AvgIpc) is 2.93. The van der Waals surface area contributed by atoms with Crippen LogP contribution in [-0.4, -0.2) is 17.4 Å². The second kappa shape index (κ2) is 7.23. The summed E-state index contributed by atoms with van der Waals surface area (Å²) in [7, 11) is 0. The van der Waals surface area contributed by atoms with Crippen molar-refractivity contribution in [2.24, 2.45) is 0 Å². The highest BCUT2D eigenvalue weighted by molar-refractivity contribution is 6.03. The number of nitrogens with zero attached hydrogens (tertiary/aromatic N) is 1. The van der Waals surface area contributed by atoms with Crippen molar-refractivity contribution in [1.29, 1.82) is 5.26 Å². The molecule has 3 heterocycles. The lowest BCUT2D eigenvalue weighted by atomic mass is 9.86. The van der Waals surface area contributed by atoms with Gasteiger partial charge in [0.1, 0.15) is 40.8 Å². The Bertz CT molecular complexity index is 1160. The summed E-state index contributed by atoms with van der Waals surface area (Å²) in [5.74, 6) is -2.56. The van der Waals surface area contributed by atoms with Crippen molar-refractivity contribution in [3.05, 3.63) is 70.1 Å². The molecule has 1 atom stereocenters. The Kier molecular flexibility index (Phi) is 4.81. The van der Waals surface area contributed by atoms with Gasteiger partial charge in [0.2, 0.25) is 11.8 Å². The Labute approximate surface area is 180 Å². The predicted octanol–water partition coefficient (Wildman–Crippen LogP) is 3.05. The zero-order valence-corrected chi connectivity index (χ0v) is 17.0. The van der Waals surface area contributed by atoms with Crippen LogP contribution >= 0.6 is 0 Å². The van der Waals surface area contributed by atoms with E-state index in [-0.39, 0.29) is 31.9 Å². The summed E-state index contributed by atoms with van der Waals surface area (Å²) in [5.41, 5.74) is 0.501. The van der Waals surface area contributed by atoms with Gasteiger partial charge in [0, 0.05) is 32.3 Å². The van der Waals surface area contributed by atoms with Crippen LogP contribution in [0, 0.1) is 29.0 Å². The van der Waals surface area contributed by atoms with Crippen LogP contribution in [0.25, 0.3) is 0 Å². The topological polar surface area (TPSA) is 103 Å². The van der Waals surface area contributed by atoms with Gasteiger partial charge in [0.25, 0.3) is 0 Å². The summed E-state index contributed by atoms with van der Waals surface area (Å²) >= 11 is 0. The molecule has 0 saturated heterocycles. The molecule has 3 aliphatic heterocycles. The molecule has 3 N–H and O–H groups in total. The van der Waals surface area contributed by atoms with Crippen molar-refractivity contribution in [2.45, 2.75) is 38.8 Å². The Morgan fingerprint density at radius 2 is 2.13 bits per heavy atom. The van der Waals surface area contributed by atoms with Crippen molar-refractivity contribution in [2.75, 3.05) is 0 Å². The van der Waals surface area contributed by atoms with Crippen LogP contribution in [0.2, 0.25) is 0 Å². The van der Waals surface area contributed by atoms with Gasteiger partial charge in [-0.1, -0.05) is 0 Å². The smallest absolute Gasteiger partial charge is 0.249 e. The normalized spacial score (nSPS) is 21.5. The molecule has 2 amide bonds. The number of rotatable bonds is 3. The van der Waals surface area contributed by atoms with E-state index >= 15 is 0 Å². The molecule has 7 nitrogen and oxygen atoms in total. The maximum Gasteiger partial charge on any atom is 0.249 e. The predicted molar refractivity (Wildman–Crippen MR) is 110 cm³/mol. The Morgan fingerprint density at radius 3 is 2.84 bits per heavy atom. The second-order valence-electron chi connectivity index (χ2n) is 7.99. The fourth-order valence-electron chi connectivity index (χ4n) is 4.05.